The van der Waals surface area contributed by atoms with Crippen LogP contribution in [0.4, 0.5) is 5.69 Å². The third-order valence-corrected chi connectivity index (χ3v) is 5.12. The van der Waals surface area contributed by atoms with Crippen molar-refractivity contribution in [2.75, 3.05) is 44.3 Å². The highest BCUT2D eigenvalue weighted by atomic mass is 79.9. The lowest BCUT2D eigenvalue weighted by molar-refractivity contribution is -0.133. The predicted octanol–water partition coefficient (Wildman–Crippen LogP) is 3.45. The molecule has 0 radical (unpaired) electrons. The van der Waals surface area contributed by atoms with Gasteiger partial charge in [0.25, 0.3) is 5.91 Å². The Hall–Kier alpha value is -2.72. The lowest BCUT2D eigenvalue weighted by Crippen LogP contribution is -2.50. The summed E-state index contributed by atoms with van der Waals surface area (Å²) < 4.78 is 11.9. The predicted molar refractivity (Wildman–Crippen MR) is 111 cm³/mol. The second kappa shape index (κ2) is 9.47. The number of nitrogens with zero attached hydrogens (tertiary/aromatic N) is 3. The fourth-order valence-corrected chi connectivity index (χ4v) is 3.67. The van der Waals surface area contributed by atoms with E-state index in [1.54, 1.807) is 12.1 Å². The highest BCUT2D eigenvalue weighted by Crippen LogP contribution is 2.36. The maximum Gasteiger partial charge on any atom is 0.260 e. The zero-order valence-electron chi connectivity index (χ0n) is 15.7. The first kappa shape index (κ1) is 20.0. The van der Waals surface area contributed by atoms with Gasteiger partial charge < -0.3 is 19.3 Å². The molecule has 6 nitrogen and oxygen atoms in total. The number of carbonyl (C=O) groups excluding carboxylic acids is 1. The Kier molecular flexibility index (Phi) is 6.77. The quantitative estimate of drug-likeness (QED) is 0.683. The zero-order valence-corrected chi connectivity index (χ0v) is 17.3. The van der Waals surface area contributed by atoms with Crippen molar-refractivity contribution in [2.24, 2.45) is 0 Å². The standard InChI is InChI=1S/C21H22BrN3O3/c1-2-27-19-13-16(14-23)12-18(22)21(19)28-15-20(26)25-10-8-24(9-11-25)17-6-4-3-5-7-17/h3-7,12-13H,2,8-11,15H2,1H3. The number of piperazine rings is 1. The Morgan fingerprint density at radius 3 is 2.50 bits per heavy atom. The van der Waals surface area contributed by atoms with Crippen molar-refractivity contribution >= 4 is 27.5 Å². The summed E-state index contributed by atoms with van der Waals surface area (Å²) in [6.45, 7) is 5.12. The number of rotatable bonds is 6. The van der Waals surface area contributed by atoms with Crippen molar-refractivity contribution in [1.29, 1.82) is 5.26 Å². The first-order valence-electron chi connectivity index (χ1n) is 9.19. The zero-order chi connectivity index (χ0) is 19.9. The molecule has 1 aliphatic rings. The first-order valence-corrected chi connectivity index (χ1v) is 9.98. The van der Waals surface area contributed by atoms with Crippen molar-refractivity contribution in [3.63, 3.8) is 0 Å². The lowest BCUT2D eigenvalue weighted by atomic mass is 10.2. The third-order valence-electron chi connectivity index (χ3n) is 4.53. The molecule has 1 heterocycles. The van der Waals surface area contributed by atoms with Crippen LogP contribution >= 0.6 is 15.9 Å². The molecule has 0 unspecified atom stereocenters. The highest BCUT2D eigenvalue weighted by Gasteiger charge is 2.22. The van der Waals surface area contributed by atoms with Crippen molar-refractivity contribution in [3.8, 4) is 17.6 Å². The van der Waals surface area contributed by atoms with Crippen molar-refractivity contribution in [3.05, 3.63) is 52.5 Å². The number of nitriles is 1. The van der Waals surface area contributed by atoms with Crippen LogP contribution in [0.15, 0.2) is 46.9 Å². The lowest BCUT2D eigenvalue weighted by Gasteiger charge is -2.36. The van der Waals surface area contributed by atoms with Gasteiger partial charge in [-0.2, -0.15) is 5.26 Å². The highest BCUT2D eigenvalue weighted by molar-refractivity contribution is 9.10. The first-order chi connectivity index (χ1) is 13.6. The largest absolute Gasteiger partial charge is 0.490 e. The fourth-order valence-electron chi connectivity index (χ4n) is 3.11. The van der Waals surface area contributed by atoms with Gasteiger partial charge in [-0.15, -0.1) is 0 Å². The van der Waals surface area contributed by atoms with E-state index in [9.17, 15) is 4.79 Å². The molecule has 0 saturated carbocycles. The van der Waals surface area contributed by atoms with Crippen LogP contribution in [0.25, 0.3) is 0 Å². The topological polar surface area (TPSA) is 65.8 Å². The van der Waals surface area contributed by atoms with Crippen LogP contribution in [0.1, 0.15) is 12.5 Å². The summed E-state index contributed by atoms with van der Waals surface area (Å²) >= 11 is 3.40. The summed E-state index contributed by atoms with van der Waals surface area (Å²) in [5.74, 6) is 0.832. The molecule has 3 rings (SSSR count). The molecule has 0 N–H and O–H groups in total. The number of ether oxygens (including phenoxy) is 2. The van der Waals surface area contributed by atoms with Crippen molar-refractivity contribution in [1.82, 2.24) is 4.90 Å². The number of para-hydroxylation sites is 1. The van der Waals surface area contributed by atoms with Gasteiger partial charge in [-0.1, -0.05) is 18.2 Å². The molecule has 0 aromatic heterocycles. The molecule has 0 spiro atoms. The molecule has 2 aromatic carbocycles. The van der Waals surface area contributed by atoms with Gasteiger partial charge in [0.2, 0.25) is 0 Å². The minimum Gasteiger partial charge on any atom is -0.490 e. The molecular formula is C21H22BrN3O3. The number of hydrogen-bond donors (Lipinski definition) is 0. The molecular weight excluding hydrogens is 422 g/mol. The Labute approximate surface area is 173 Å². The maximum absolute atomic E-state index is 12.6. The molecule has 2 aromatic rings. The smallest absolute Gasteiger partial charge is 0.260 e. The van der Waals surface area contributed by atoms with Crippen molar-refractivity contribution < 1.29 is 14.3 Å². The van der Waals surface area contributed by atoms with Gasteiger partial charge in [0.1, 0.15) is 0 Å². The van der Waals surface area contributed by atoms with Crippen LogP contribution in [-0.2, 0) is 4.79 Å². The molecule has 146 valence electrons. The Morgan fingerprint density at radius 2 is 1.86 bits per heavy atom. The van der Waals surface area contributed by atoms with Crippen LogP contribution in [0, 0.1) is 11.3 Å². The molecule has 0 aliphatic carbocycles. The molecule has 1 saturated heterocycles. The number of halogens is 1. The number of hydrogen-bond acceptors (Lipinski definition) is 5. The van der Waals surface area contributed by atoms with Gasteiger partial charge in [0, 0.05) is 37.9 Å². The maximum atomic E-state index is 12.6. The summed E-state index contributed by atoms with van der Waals surface area (Å²) in [6.07, 6.45) is 0. The molecule has 1 aliphatic heterocycles. The average molecular weight is 444 g/mol. The van der Waals surface area contributed by atoms with E-state index < -0.39 is 0 Å². The third kappa shape index (κ3) is 4.76. The van der Waals surface area contributed by atoms with E-state index >= 15 is 0 Å². The van der Waals surface area contributed by atoms with E-state index in [1.165, 1.54) is 5.69 Å². The van der Waals surface area contributed by atoms with Crippen molar-refractivity contribution in [2.45, 2.75) is 6.92 Å². The van der Waals surface area contributed by atoms with Gasteiger partial charge in [-0.3, -0.25) is 4.79 Å². The van der Waals surface area contributed by atoms with Gasteiger partial charge >= 0.3 is 0 Å². The Balaban J connectivity index is 1.59. The van der Waals surface area contributed by atoms with E-state index in [-0.39, 0.29) is 12.5 Å². The number of amides is 1. The molecule has 0 atom stereocenters. The summed E-state index contributed by atoms with van der Waals surface area (Å²) in [5.41, 5.74) is 1.64. The van der Waals surface area contributed by atoms with Crippen LogP contribution < -0.4 is 14.4 Å². The van der Waals surface area contributed by atoms with E-state index in [2.05, 4.69) is 39.0 Å². The molecule has 1 amide bonds. The van der Waals surface area contributed by atoms with Crippen LogP contribution in [0.3, 0.4) is 0 Å². The number of benzene rings is 2. The van der Waals surface area contributed by atoms with Crippen LogP contribution in [-0.4, -0.2) is 50.2 Å². The summed E-state index contributed by atoms with van der Waals surface area (Å²) in [4.78, 5) is 16.7. The number of anilines is 1. The average Bonchev–Trinajstić information content (AvgIpc) is 2.73. The summed E-state index contributed by atoms with van der Waals surface area (Å²) in [7, 11) is 0. The Bertz CT molecular complexity index is 859. The Morgan fingerprint density at radius 1 is 1.14 bits per heavy atom. The second-order valence-electron chi connectivity index (χ2n) is 6.32. The van der Waals surface area contributed by atoms with Gasteiger partial charge in [0.05, 0.1) is 22.7 Å². The summed E-state index contributed by atoms with van der Waals surface area (Å²) in [5, 5.41) is 9.11. The minimum atomic E-state index is -0.0735. The molecule has 28 heavy (non-hydrogen) atoms. The number of carbonyl (C=O) groups is 1. The monoisotopic (exact) mass is 443 g/mol. The molecule has 1 fully saturated rings. The second-order valence-corrected chi connectivity index (χ2v) is 7.18. The van der Waals surface area contributed by atoms with Gasteiger partial charge in [-0.05, 0) is 41.1 Å². The van der Waals surface area contributed by atoms with E-state index in [0.717, 1.165) is 13.1 Å². The minimum absolute atomic E-state index is 0.0635. The van der Waals surface area contributed by atoms with Gasteiger partial charge in [-0.25, -0.2) is 0 Å². The van der Waals surface area contributed by atoms with E-state index in [0.29, 0.717) is 41.2 Å². The van der Waals surface area contributed by atoms with E-state index in [4.69, 9.17) is 14.7 Å². The normalized spacial score (nSPS) is 13.8. The SMILES string of the molecule is CCOc1cc(C#N)cc(Br)c1OCC(=O)N1CCN(c2ccccc2)CC1. The van der Waals surface area contributed by atoms with Crippen LogP contribution in [0.2, 0.25) is 0 Å². The molecule has 0 bridgehead atoms. The fraction of sp³-hybridized carbons (Fsp3) is 0.333. The van der Waals surface area contributed by atoms with E-state index in [1.807, 2.05) is 30.0 Å². The van der Waals surface area contributed by atoms with Gasteiger partial charge in [0.15, 0.2) is 18.1 Å². The van der Waals surface area contributed by atoms with Crippen LogP contribution in [0.5, 0.6) is 11.5 Å². The summed E-state index contributed by atoms with van der Waals surface area (Å²) in [6, 6.07) is 15.6. The molecule has 7 heteroatoms.